The Morgan fingerprint density at radius 2 is 1.67 bits per heavy atom. The number of halogens is 4. The number of nitrogens with zero attached hydrogens (tertiary/aromatic N) is 3. The molecule has 0 saturated carbocycles. The fourth-order valence-corrected chi connectivity index (χ4v) is 4.49. The van der Waals surface area contributed by atoms with E-state index in [-0.39, 0.29) is 15.6 Å². The van der Waals surface area contributed by atoms with Gasteiger partial charge in [-0.15, -0.1) is 0 Å². The van der Waals surface area contributed by atoms with Crippen molar-refractivity contribution in [2.45, 2.75) is 12.1 Å². The van der Waals surface area contributed by atoms with Gasteiger partial charge in [0, 0.05) is 4.47 Å². The topological polar surface area (TPSA) is 129 Å². The first-order chi connectivity index (χ1) is 17.0. The van der Waals surface area contributed by atoms with E-state index in [0.717, 1.165) is 20.3 Å². The van der Waals surface area contributed by atoms with E-state index in [2.05, 4.69) is 15.9 Å². The number of nitriles is 2. The molecule has 36 heavy (non-hydrogen) atoms. The van der Waals surface area contributed by atoms with Gasteiger partial charge in [0.25, 0.3) is 0 Å². The lowest BCUT2D eigenvalue weighted by molar-refractivity contribution is -0.140. The fraction of sp³-hybridized carbons (Fsp3) is 0.167. The third kappa shape index (κ3) is 4.51. The van der Waals surface area contributed by atoms with Crippen LogP contribution in [0.2, 0.25) is 0 Å². The molecule has 0 bridgehead atoms. The molecule has 0 radical (unpaired) electrons. The summed E-state index contributed by atoms with van der Waals surface area (Å²) in [6.07, 6.45) is -5.03. The number of methoxy groups -OCH3 is 2. The highest BCUT2D eigenvalue weighted by Crippen LogP contribution is 2.48. The van der Waals surface area contributed by atoms with Crippen LogP contribution in [-0.2, 0) is 25.2 Å². The van der Waals surface area contributed by atoms with Gasteiger partial charge in [-0.3, -0.25) is 4.90 Å². The molecule has 8 nitrogen and oxygen atoms in total. The highest BCUT2D eigenvalue weighted by Gasteiger charge is 2.46. The number of ether oxygens (including phenoxy) is 2. The van der Waals surface area contributed by atoms with Crippen molar-refractivity contribution in [1.29, 1.82) is 10.5 Å². The lowest BCUT2D eigenvalue weighted by Crippen LogP contribution is -2.41. The van der Waals surface area contributed by atoms with Crippen LogP contribution >= 0.6 is 15.9 Å². The van der Waals surface area contributed by atoms with Crippen molar-refractivity contribution in [1.82, 2.24) is 0 Å². The Morgan fingerprint density at radius 3 is 2.17 bits per heavy atom. The van der Waals surface area contributed by atoms with E-state index in [1.54, 1.807) is 36.4 Å². The van der Waals surface area contributed by atoms with Crippen molar-refractivity contribution >= 4 is 33.6 Å². The number of alkyl halides is 3. The number of hydrogen-bond acceptors (Lipinski definition) is 8. The van der Waals surface area contributed by atoms with Crippen molar-refractivity contribution in [3.8, 4) is 12.1 Å². The second-order valence-corrected chi connectivity index (χ2v) is 8.15. The van der Waals surface area contributed by atoms with E-state index < -0.39 is 52.4 Å². The van der Waals surface area contributed by atoms with E-state index in [9.17, 15) is 33.3 Å². The molecule has 1 aliphatic rings. The van der Waals surface area contributed by atoms with Crippen LogP contribution in [-0.4, -0.2) is 26.2 Å². The summed E-state index contributed by atoms with van der Waals surface area (Å²) >= 11 is 3.02. The smallest absolute Gasteiger partial charge is 0.418 e. The second kappa shape index (κ2) is 10.1. The molecule has 2 N–H and O–H groups in total. The molecule has 184 valence electrons. The summed E-state index contributed by atoms with van der Waals surface area (Å²) in [7, 11) is 1.99. The van der Waals surface area contributed by atoms with Crippen LogP contribution in [0.3, 0.4) is 0 Å². The Bertz CT molecular complexity index is 1390. The van der Waals surface area contributed by atoms with Gasteiger partial charge in [0.1, 0.15) is 11.5 Å². The number of benzene rings is 2. The average molecular weight is 561 g/mol. The molecule has 0 fully saturated rings. The summed E-state index contributed by atoms with van der Waals surface area (Å²) in [6, 6.07) is 13.1. The monoisotopic (exact) mass is 560 g/mol. The van der Waals surface area contributed by atoms with Crippen molar-refractivity contribution in [3.63, 3.8) is 0 Å². The third-order valence-corrected chi connectivity index (χ3v) is 5.94. The number of nitrogens with two attached hydrogens (primary N) is 1. The molecule has 0 amide bonds. The first-order valence-corrected chi connectivity index (χ1v) is 10.8. The molecule has 1 aliphatic heterocycles. The Hall–Kier alpha value is -4.29. The summed E-state index contributed by atoms with van der Waals surface area (Å²) in [4.78, 5) is 26.7. The fourth-order valence-electron chi connectivity index (χ4n) is 3.85. The first kappa shape index (κ1) is 26.3. The van der Waals surface area contributed by atoms with Gasteiger partial charge in [-0.1, -0.05) is 30.3 Å². The van der Waals surface area contributed by atoms with Gasteiger partial charge in [-0.05, 0) is 33.6 Å². The number of rotatable bonds is 4. The zero-order chi connectivity index (χ0) is 26.8. The van der Waals surface area contributed by atoms with Crippen LogP contribution in [0.1, 0.15) is 22.6 Å². The van der Waals surface area contributed by atoms with Crippen molar-refractivity contribution < 1.29 is 32.2 Å². The van der Waals surface area contributed by atoms with Gasteiger partial charge in [0.05, 0.1) is 60.2 Å². The summed E-state index contributed by atoms with van der Waals surface area (Å²) in [5.74, 6) is -4.09. The maximum absolute atomic E-state index is 14.2. The van der Waals surface area contributed by atoms with Gasteiger partial charge in [-0.25, -0.2) is 9.59 Å². The molecule has 12 heteroatoms. The molecular formula is C24H16BrF3N4O4. The SMILES string of the molecule is COC(=O)C1=C(C(=O)OC)N(c2c(Br)cc(C#N)cc2C(F)(F)F)C(N)=C(C#N)C1c1ccccc1. The van der Waals surface area contributed by atoms with E-state index in [0.29, 0.717) is 16.5 Å². The number of carbonyl (C=O) groups excluding carboxylic acids is 2. The third-order valence-electron chi connectivity index (χ3n) is 5.33. The summed E-state index contributed by atoms with van der Waals surface area (Å²) < 4.78 is 51.9. The molecule has 0 saturated heterocycles. The Kier molecular flexibility index (Phi) is 7.41. The lowest BCUT2D eigenvalue weighted by Gasteiger charge is -2.37. The van der Waals surface area contributed by atoms with Gasteiger partial charge >= 0.3 is 18.1 Å². The van der Waals surface area contributed by atoms with Crippen molar-refractivity contribution in [2.24, 2.45) is 5.73 Å². The van der Waals surface area contributed by atoms with Gasteiger partial charge in [0.15, 0.2) is 0 Å². The number of anilines is 1. The van der Waals surface area contributed by atoms with Crippen LogP contribution in [0.4, 0.5) is 18.9 Å². The number of hydrogen-bond donors (Lipinski definition) is 1. The second-order valence-electron chi connectivity index (χ2n) is 7.30. The quantitative estimate of drug-likeness (QED) is 0.549. The van der Waals surface area contributed by atoms with Crippen molar-refractivity contribution in [3.05, 3.63) is 86.3 Å². The Morgan fingerprint density at radius 1 is 1.06 bits per heavy atom. The number of esters is 2. The van der Waals surface area contributed by atoms with Gasteiger partial charge in [-0.2, -0.15) is 23.7 Å². The maximum atomic E-state index is 14.2. The van der Waals surface area contributed by atoms with Crippen LogP contribution < -0.4 is 10.6 Å². The number of carbonyl (C=O) groups is 2. The van der Waals surface area contributed by atoms with Gasteiger partial charge in [0.2, 0.25) is 0 Å². The minimum absolute atomic E-state index is 0.280. The zero-order valence-electron chi connectivity index (χ0n) is 18.7. The Labute approximate surface area is 211 Å². The number of allylic oxidation sites excluding steroid dienone is 1. The van der Waals surface area contributed by atoms with Crippen LogP contribution in [0.5, 0.6) is 0 Å². The molecule has 0 spiro atoms. The maximum Gasteiger partial charge on any atom is 0.418 e. The first-order valence-electron chi connectivity index (χ1n) is 9.98. The largest absolute Gasteiger partial charge is 0.466 e. The van der Waals surface area contributed by atoms with Gasteiger partial charge < -0.3 is 15.2 Å². The lowest BCUT2D eigenvalue weighted by atomic mass is 9.80. The van der Waals surface area contributed by atoms with Crippen molar-refractivity contribution in [2.75, 3.05) is 19.1 Å². The molecule has 1 atom stereocenters. The minimum Gasteiger partial charge on any atom is -0.466 e. The minimum atomic E-state index is -5.03. The summed E-state index contributed by atoms with van der Waals surface area (Å²) in [6.45, 7) is 0. The normalized spacial score (nSPS) is 15.8. The van der Waals surface area contributed by atoms with Crippen LogP contribution in [0, 0.1) is 22.7 Å². The molecular weight excluding hydrogens is 545 g/mol. The molecule has 0 aliphatic carbocycles. The standard InChI is InChI=1S/C24H16BrF3N4O4/c1-35-22(33)18-17(13-6-4-3-5-7-13)14(11-30)21(31)32(20(18)23(34)36-2)19-15(24(26,27)28)8-12(10-29)9-16(19)25/h3-9,17H,31H2,1-2H3. The highest BCUT2D eigenvalue weighted by atomic mass is 79.9. The van der Waals surface area contributed by atoms with E-state index in [4.69, 9.17) is 15.2 Å². The molecule has 2 aromatic rings. The molecule has 3 rings (SSSR count). The van der Waals surface area contributed by atoms with E-state index in [1.165, 1.54) is 0 Å². The molecule has 0 aromatic heterocycles. The zero-order valence-corrected chi connectivity index (χ0v) is 20.3. The Balaban J connectivity index is 2.55. The van der Waals surface area contributed by atoms with Crippen LogP contribution in [0.25, 0.3) is 0 Å². The molecule has 1 heterocycles. The average Bonchev–Trinajstić information content (AvgIpc) is 2.86. The van der Waals surface area contributed by atoms with Crippen LogP contribution in [0.15, 0.2) is 69.6 Å². The summed E-state index contributed by atoms with van der Waals surface area (Å²) in [5.41, 5.74) is 2.78. The highest BCUT2D eigenvalue weighted by molar-refractivity contribution is 9.10. The molecule has 1 unspecified atom stereocenters. The summed E-state index contributed by atoms with van der Waals surface area (Å²) in [5, 5.41) is 19.2. The predicted octanol–water partition coefficient (Wildman–Crippen LogP) is 4.24. The van der Waals surface area contributed by atoms with E-state index >= 15 is 0 Å². The molecule has 2 aromatic carbocycles. The predicted molar refractivity (Wildman–Crippen MR) is 123 cm³/mol. The van der Waals surface area contributed by atoms with E-state index in [1.807, 2.05) is 6.07 Å².